The van der Waals surface area contributed by atoms with E-state index in [0.29, 0.717) is 23.7 Å². The monoisotopic (exact) mass is 495 g/mol. The minimum Gasteiger partial charge on any atom is -0.507 e. The predicted molar refractivity (Wildman–Crippen MR) is 128 cm³/mol. The first-order valence-electron chi connectivity index (χ1n) is 11.0. The first-order chi connectivity index (χ1) is 17.3. The van der Waals surface area contributed by atoms with Crippen LogP contribution in [-0.2, 0) is 9.59 Å². The molecule has 1 saturated heterocycles. The van der Waals surface area contributed by atoms with Gasteiger partial charge in [0.05, 0.1) is 38.0 Å². The lowest BCUT2D eigenvalue weighted by Gasteiger charge is -2.26. The lowest BCUT2D eigenvalue weighted by molar-refractivity contribution is -0.132. The number of aliphatic hydroxyl groups is 1. The van der Waals surface area contributed by atoms with Gasteiger partial charge in [0.2, 0.25) is 0 Å². The number of para-hydroxylation sites is 1. The summed E-state index contributed by atoms with van der Waals surface area (Å²) in [5, 5.41) is 11.3. The van der Waals surface area contributed by atoms with Crippen molar-refractivity contribution < 1.29 is 37.7 Å². The molecule has 1 N–H and O–H groups in total. The van der Waals surface area contributed by atoms with Crippen LogP contribution in [0.3, 0.4) is 0 Å². The van der Waals surface area contributed by atoms with Crippen LogP contribution >= 0.6 is 0 Å². The second kappa shape index (κ2) is 10.1. The molecule has 0 aromatic heterocycles. The Morgan fingerprint density at radius 2 is 1.64 bits per heavy atom. The third kappa shape index (κ3) is 4.24. The largest absolute Gasteiger partial charge is 0.507 e. The number of aliphatic hydroxyl groups excluding tert-OH is 1. The van der Waals surface area contributed by atoms with Crippen molar-refractivity contribution in [2.24, 2.45) is 0 Å². The van der Waals surface area contributed by atoms with E-state index in [1.165, 1.54) is 26.4 Å². The summed E-state index contributed by atoms with van der Waals surface area (Å²) in [7, 11) is 2.87. The number of ketones is 1. The second-order valence-corrected chi connectivity index (χ2v) is 7.81. The SMILES string of the molecule is CCOc1cc(C2/C(=C(\O)c3ccccc3OC)C(=O)C(=O)N2c2ccc(F)c(F)c2)ccc1OC. The predicted octanol–water partition coefficient (Wildman–Crippen LogP) is 5.01. The number of Topliss-reactive ketones (excluding diaryl/α,β-unsaturated/α-hetero) is 1. The Bertz CT molecular complexity index is 1370. The molecule has 1 fully saturated rings. The highest BCUT2D eigenvalue weighted by Gasteiger charge is 2.47. The Hall–Kier alpha value is -4.40. The molecule has 9 heteroatoms. The minimum absolute atomic E-state index is 0.0612. The zero-order valence-electron chi connectivity index (χ0n) is 19.7. The van der Waals surface area contributed by atoms with Crippen LogP contribution in [0.5, 0.6) is 17.2 Å². The van der Waals surface area contributed by atoms with E-state index in [1.807, 2.05) is 0 Å². The summed E-state index contributed by atoms with van der Waals surface area (Å²) in [5.74, 6) is -3.77. The molecule has 186 valence electrons. The highest BCUT2D eigenvalue weighted by atomic mass is 19.2. The fourth-order valence-electron chi connectivity index (χ4n) is 4.17. The van der Waals surface area contributed by atoms with E-state index in [2.05, 4.69) is 0 Å². The highest BCUT2D eigenvalue weighted by Crippen LogP contribution is 2.45. The topological polar surface area (TPSA) is 85.3 Å². The van der Waals surface area contributed by atoms with Gasteiger partial charge in [-0.05, 0) is 48.9 Å². The minimum atomic E-state index is -1.19. The van der Waals surface area contributed by atoms with Gasteiger partial charge in [-0.25, -0.2) is 8.78 Å². The maximum atomic E-state index is 14.2. The number of ether oxygens (including phenoxy) is 3. The van der Waals surface area contributed by atoms with Gasteiger partial charge in [0, 0.05) is 11.8 Å². The standard InChI is InChI=1S/C27H23F2NO6/c1-4-36-22-13-15(9-12-21(22)35-3)24-23(25(31)17-7-5-6-8-20(17)34-2)26(32)27(33)30(24)16-10-11-18(28)19(29)14-16/h5-14,24,31H,4H2,1-3H3/b25-23+. The Balaban J connectivity index is 2.00. The highest BCUT2D eigenvalue weighted by molar-refractivity contribution is 6.51. The average molecular weight is 495 g/mol. The molecule has 1 atom stereocenters. The van der Waals surface area contributed by atoms with Crippen LogP contribution in [0, 0.1) is 11.6 Å². The smallest absolute Gasteiger partial charge is 0.300 e. The van der Waals surface area contributed by atoms with Crippen molar-refractivity contribution in [1.29, 1.82) is 0 Å². The molecule has 0 bridgehead atoms. The third-order valence-corrected chi connectivity index (χ3v) is 5.79. The number of benzene rings is 3. The summed E-state index contributed by atoms with van der Waals surface area (Å²) in [6.45, 7) is 2.09. The van der Waals surface area contributed by atoms with Gasteiger partial charge in [-0.1, -0.05) is 18.2 Å². The number of anilines is 1. The van der Waals surface area contributed by atoms with Gasteiger partial charge in [0.15, 0.2) is 23.1 Å². The van der Waals surface area contributed by atoms with E-state index < -0.39 is 35.1 Å². The van der Waals surface area contributed by atoms with Gasteiger partial charge in [-0.3, -0.25) is 14.5 Å². The second-order valence-electron chi connectivity index (χ2n) is 7.81. The van der Waals surface area contributed by atoms with Crippen LogP contribution in [0.15, 0.2) is 66.2 Å². The maximum absolute atomic E-state index is 14.2. The fraction of sp³-hybridized carbons (Fsp3) is 0.185. The van der Waals surface area contributed by atoms with E-state index in [4.69, 9.17) is 14.2 Å². The van der Waals surface area contributed by atoms with Crippen LogP contribution in [0.25, 0.3) is 5.76 Å². The van der Waals surface area contributed by atoms with E-state index in [9.17, 15) is 23.5 Å². The Morgan fingerprint density at radius 1 is 0.917 bits per heavy atom. The number of rotatable bonds is 7. The van der Waals surface area contributed by atoms with Crippen molar-refractivity contribution in [2.45, 2.75) is 13.0 Å². The summed E-state index contributed by atoms with van der Waals surface area (Å²) in [4.78, 5) is 27.6. The third-order valence-electron chi connectivity index (χ3n) is 5.79. The summed E-state index contributed by atoms with van der Waals surface area (Å²) >= 11 is 0. The van der Waals surface area contributed by atoms with Crippen molar-refractivity contribution in [2.75, 3.05) is 25.7 Å². The molecule has 1 unspecified atom stereocenters. The van der Waals surface area contributed by atoms with Crippen LogP contribution in [-0.4, -0.2) is 37.6 Å². The number of carbonyl (C=O) groups excluding carboxylic acids is 2. The van der Waals surface area contributed by atoms with Crippen molar-refractivity contribution in [3.05, 3.63) is 89.0 Å². The number of methoxy groups -OCH3 is 2. The van der Waals surface area contributed by atoms with Gasteiger partial charge in [0.1, 0.15) is 11.5 Å². The molecule has 0 spiro atoms. The zero-order chi connectivity index (χ0) is 26.0. The van der Waals surface area contributed by atoms with E-state index >= 15 is 0 Å². The molecule has 1 aliphatic rings. The van der Waals surface area contributed by atoms with Crippen LogP contribution in [0.4, 0.5) is 14.5 Å². The van der Waals surface area contributed by atoms with Gasteiger partial charge in [-0.15, -0.1) is 0 Å². The Kier molecular flexibility index (Phi) is 6.91. The van der Waals surface area contributed by atoms with Crippen molar-refractivity contribution >= 4 is 23.1 Å². The van der Waals surface area contributed by atoms with Crippen LogP contribution in [0.1, 0.15) is 24.1 Å². The van der Waals surface area contributed by atoms with Crippen LogP contribution < -0.4 is 19.1 Å². The van der Waals surface area contributed by atoms with Gasteiger partial charge in [-0.2, -0.15) is 0 Å². The molecule has 1 aliphatic heterocycles. The molecular weight excluding hydrogens is 472 g/mol. The molecule has 1 amide bonds. The normalized spacial score (nSPS) is 16.8. The number of hydrogen-bond donors (Lipinski definition) is 1. The van der Waals surface area contributed by atoms with Crippen molar-refractivity contribution in [1.82, 2.24) is 0 Å². The molecule has 0 saturated carbocycles. The van der Waals surface area contributed by atoms with Crippen molar-refractivity contribution in [3.8, 4) is 17.2 Å². The number of nitrogens with zero attached hydrogens (tertiary/aromatic N) is 1. The number of halogens is 2. The molecule has 3 aromatic carbocycles. The number of amides is 1. The van der Waals surface area contributed by atoms with Crippen molar-refractivity contribution in [3.63, 3.8) is 0 Å². The van der Waals surface area contributed by atoms with E-state index in [-0.39, 0.29) is 22.6 Å². The molecule has 0 aliphatic carbocycles. The maximum Gasteiger partial charge on any atom is 0.300 e. The zero-order valence-corrected chi connectivity index (χ0v) is 19.7. The quantitative estimate of drug-likeness (QED) is 0.282. The number of hydrogen-bond acceptors (Lipinski definition) is 6. The molecular formula is C27H23F2NO6. The molecule has 4 rings (SSSR count). The van der Waals surface area contributed by atoms with Crippen LogP contribution in [0.2, 0.25) is 0 Å². The average Bonchev–Trinajstić information content (AvgIpc) is 3.15. The van der Waals surface area contributed by atoms with Gasteiger partial charge in [0.25, 0.3) is 11.7 Å². The summed E-state index contributed by atoms with van der Waals surface area (Å²) in [5.41, 5.74) is 0.252. The molecule has 0 radical (unpaired) electrons. The lowest BCUT2D eigenvalue weighted by atomic mass is 9.94. The first-order valence-corrected chi connectivity index (χ1v) is 11.0. The number of carbonyl (C=O) groups is 2. The van der Waals surface area contributed by atoms with E-state index in [1.54, 1.807) is 43.3 Å². The molecule has 3 aromatic rings. The lowest BCUT2D eigenvalue weighted by Crippen LogP contribution is -2.29. The van der Waals surface area contributed by atoms with E-state index in [0.717, 1.165) is 17.0 Å². The fourth-order valence-corrected chi connectivity index (χ4v) is 4.17. The summed E-state index contributed by atoms with van der Waals surface area (Å²) in [6.07, 6.45) is 0. The first kappa shape index (κ1) is 24.7. The van der Waals surface area contributed by atoms with Gasteiger partial charge >= 0.3 is 0 Å². The summed E-state index contributed by atoms with van der Waals surface area (Å²) < 4.78 is 44.1. The Labute approximate surface area is 206 Å². The molecule has 1 heterocycles. The Morgan fingerprint density at radius 3 is 2.31 bits per heavy atom. The van der Waals surface area contributed by atoms with Gasteiger partial charge < -0.3 is 19.3 Å². The summed E-state index contributed by atoms with van der Waals surface area (Å²) in [6, 6.07) is 12.9. The molecule has 36 heavy (non-hydrogen) atoms. The molecule has 7 nitrogen and oxygen atoms in total.